The lowest BCUT2D eigenvalue weighted by Crippen LogP contribution is -2.26. The number of hydrogen-bond donors (Lipinski definition) is 0. The molecule has 6 nitrogen and oxygen atoms in total. The van der Waals surface area contributed by atoms with Gasteiger partial charge in [0.2, 0.25) is 0 Å². The minimum absolute atomic E-state index is 0.0242. The second-order valence-electron chi connectivity index (χ2n) is 9.55. The van der Waals surface area contributed by atoms with Gasteiger partial charge in [-0.2, -0.15) is 5.26 Å². The summed E-state index contributed by atoms with van der Waals surface area (Å²) in [5.74, 6) is 0.0242. The number of allylic oxidation sites excluding steroid dienone is 8. The molecule has 0 unspecified atom stereocenters. The second kappa shape index (κ2) is 13.9. The summed E-state index contributed by atoms with van der Waals surface area (Å²) in [5, 5.41) is 8.35. The van der Waals surface area contributed by atoms with E-state index in [2.05, 4.69) is 50.8 Å². The van der Waals surface area contributed by atoms with Gasteiger partial charge in [-0.25, -0.2) is 4.98 Å². The van der Waals surface area contributed by atoms with E-state index in [0.29, 0.717) is 11.3 Å². The van der Waals surface area contributed by atoms with E-state index in [1.807, 2.05) is 52.2 Å². The molecular formula is C31H39N5O. The third kappa shape index (κ3) is 8.57. The standard InChI is InChI=1S/C24H29N3O.C7H10N2/c1-17(2)22(20(5)28)11-9-19(4)27-16-25-23-12-10-21(14-24(23)27)15-26-13-7-6-8-18(26)3;1-6(2)4-7(5-8)9-3/h9-12,14,16H,1,3,6-8,13,15H2,2,4-5H3;4H,1-3H3/b19-9+,22-11+;. The molecule has 0 atom stereocenters. The number of likely N-dealkylation sites (tertiary alicyclic amines) is 1. The molecule has 0 spiro atoms. The Bertz CT molecular complexity index is 1310. The molecule has 0 N–H and O–H groups in total. The first kappa shape index (κ1) is 29.3. The van der Waals surface area contributed by atoms with Crippen LogP contribution in [0.15, 0.2) is 83.3 Å². The minimum Gasteiger partial charge on any atom is -0.371 e. The van der Waals surface area contributed by atoms with Crippen molar-refractivity contribution in [2.45, 2.75) is 60.4 Å². The summed E-state index contributed by atoms with van der Waals surface area (Å²) in [6.45, 7) is 19.4. The van der Waals surface area contributed by atoms with E-state index in [1.54, 1.807) is 20.0 Å². The number of rotatable bonds is 7. The summed E-state index contributed by atoms with van der Waals surface area (Å²) < 4.78 is 2.07. The zero-order chi connectivity index (χ0) is 27.5. The molecule has 0 bridgehead atoms. The highest BCUT2D eigenvalue weighted by atomic mass is 16.1. The normalized spacial score (nSPS) is 14.6. The molecule has 2 aromatic rings. The molecule has 2 heterocycles. The van der Waals surface area contributed by atoms with Crippen LogP contribution in [0.3, 0.4) is 0 Å². The van der Waals surface area contributed by atoms with Crippen molar-refractivity contribution >= 4 is 28.2 Å². The van der Waals surface area contributed by atoms with Crippen LogP contribution in [0.25, 0.3) is 16.7 Å². The van der Waals surface area contributed by atoms with Crippen LogP contribution in [0.5, 0.6) is 0 Å². The number of hydrogen-bond acceptors (Lipinski definition) is 5. The Hall–Kier alpha value is -3.98. The monoisotopic (exact) mass is 497 g/mol. The van der Waals surface area contributed by atoms with Gasteiger partial charge in [0.1, 0.15) is 18.1 Å². The first-order valence-electron chi connectivity index (χ1n) is 12.5. The molecule has 1 aromatic carbocycles. The van der Waals surface area contributed by atoms with Crippen LogP contribution in [0.2, 0.25) is 0 Å². The van der Waals surface area contributed by atoms with E-state index in [9.17, 15) is 4.79 Å². The van der Waals surface area contributed by atoms with Gasteiger partial charge in [0.15, 0.2) is 5.78 Å². The summed E-state index contributed by atoms with van der Waals surface area (Å²) in [5.41, 5.74) is 8.52. The smallest absolute Gasteiger partial charge is 0.160 e. The molecule has 1 saturated heterocycles. The lowest BCUT2D eigenvalue weighted by atomic mass is 10.1. The Morgan fingerprint density at radius 2 is 1.92 bits per heavy atom. The minimum atomic E-state index is 0.0242. The number of carbonyl (C=O) groups is 1. The van der Waals surface area contributed by atoms with Gasteiger partial charge in [-0.05, 0) is 95.4 Å². The van der Waals surface area contributed by atoms with Crippen molar-refractivity contribution in [3.05, 3.63) is 83.9 Å². The van der Waals surface area contributed by atoms with E-state index < -0.39 is 0 Å². The van der Waals surface area contributed by atoms with Crippen molar-refractivity contribution in [2.24, 2.45) is 4.99 Å². The number of aliphatic imine (C=N–C) groups is 1. The number of piperidine rings is 1. The van der Waals surface area contributed by atoms with Gasteiger partial charge >= 0.3 is 0 Å². The molecule has 3 rings (SSSR count). The Labute approximate surface area is 221 Å². The highest BCUT2D eigenvalue weighted by molar-refractivity contribution is 6.07. The highest BCUT2D eigenvalue weighted by Crippen LogP contribution is 2.24. The Morgan fingerprint density at radius 1 is 1.19 bits per heavy atom. The third-order valence-corrected chi connectivity index (χ3v) is 6.07. The van der Waals surface area contributed by atoms with Crippen LogP contribution in [0.4, 0.5) is 0 Å². The van der Waals surface area contributed by atoms with Gasteiger partial charge in [0.25, 0.3) is 0 Å². The van der Waals surface area contributed by atoms with Crippen molar-refractivity contribution in [2.75, 3.05) is 13.6 Å². The van der Waals surface area contributed by atoms with Crippen LogP contribution in [-0.2, 0) is 11.3 Å². The average Bonchev–Trinajstić information content (AvgIpc) is 3.27. The zero-order valence-electron chi connectivity index (χ0n) is 23.1. The maximum atomic E-state index is 11.8. The number of nitriles is 1. The van der Waals surface area contributed by atoms with E-state index >= 15 is 0 Å². The number of imidazole rings is 1. The van der Waals surface area contributed by atoms with Crippen LogP contribution >= 0.6 is 0 Å². The molecule has 0 radical (unpaired) electrons. The van der Waals surface area contributed by atoms with Gasteiger partial charge < -0.3 is 9.47 Å². The lowest BCUT2D eigenvalue weighted by Gasteiger charge is -2.31. The number of fused-ring (bicyclic) bond motifs is 1. The molecular weight excluding hydrogens is 458 g/mol. The molecule has 1 aliphatic rings. The summed E-state index contributed by atoms with van der Waals surface area (Å²) in [6.07, 6.45) is 10.9. The topological polar surface area (TPSA) is 74.3 Å². The van der Waals surface area contributed by atoms with Crippen molar-refractivity contribution in [1.29, 1.82) is 5.26 Å². The molecule has 0 amide bonds. The lowest BCUT2D eigenvalue weighted by molar-refractivity contribution is -0.113. The predicted molar refractivity (Wildman–Crippen MR) is 155 cm³/mol. The van der Waals surface area contributed by atoms with Crippen LogP contribution < -0.4 is 0 Å². The summed E-state index contributed by atoms with van der Waals surface area (Å²) in [6, 6.07) is 8.38. The fraction of sp³-hybridized carbons (Fsp3) is 0.355. The molecule has 6 heteroatoms. The van der Waals surface area contributed by atoms with E-state index in [0.717, 1.165) is 47.4 Å². The zero-order valence-corrected chi connectivity index (χ0v) is 23.1. The van der Waals surface area contributed by atoms with Crippen molar-refractivity contribution < 1.29 is 4.79 Å². The quantitative estimate of drug-likeness (QED) is 0.234. The van der Waals surface area contributed by atoms with Crippen LogP contribution in [0, 0.1) is 11.3 Å². The summed E-state index contributed by atoms with van der Waals surface area (Å²) in [4.78, 5) is 22.4. The number of ketones is 1. The van der Waals surface area contributed by atoms with Crippen molar-refractivity contribution in [1.82, 2.24) is 14.5 Å². The Kier molecular flexibility index (Phi) is 11.0. The third-order valence-electron chi connectivity index (χ3n) is 6.07. The number of aromatic nitrogens is 2. The molecule has 1 aliphatic heterocycles. The van der Waals surface area contributed by atoms with E-state index in [-0.39, 0.29) is 5.78 Å². The molecule has 0 saturated carbocycles. The van der Waals surface area contributed by atoms with Gasteiger partial charge in [-0.15, -0.1) is 0 Å². The van der Waals surface area contributed by atoms with Crippen molar-refractivity contribution in [3.8, 4) is 6.07 Å². The second-order valence-corrected chi connectivity index (χ2v) is 9.55. The van der Waals surface area contributed by atoms with Gasteiger partial charge in [-0.3, -0.25) is 9.79 Å². The van der Waals surface area contributed by atoms with E-state index in [4.69, 9.17) is 5.26 Å². The van der Waals surface area contributed by atoms with E-state index in [1.165, 1.54) is 24.1 Å². The molecule has 0 aliphatic carbocycles. The van der Waals surface area contributed by atoms with Gasteiger partial charge in [0, 0.05) is 37.1 Å². The first-order valence-corrected chi connectivity index (χ1v) is 12.5. The maximum Gasteiger partial charge on any atom is 0.160 e. The first-order chi connectivity index (χ1) is 17.6. The molecule has 1 fully saturated rings. The highest BCUT2D eigenvalue weighted by Gasteiger charge is 2.14. The predicted octanol–water partition coefficient (Wildman–Crippen LogP) is 7.04. The largest absolute Gasteiger partial charge is 0.371 e. The number of benzene rings is 1. The van der Waals surface area contributed by atoms with Crippen molar-refractivity contribution in [3.63, 3.8) is 0 Å². The number of carbonyl (C=O) groups excluding carboxylic acids is 1. The average molecular weight is 498 g/mol. The van der Waals surface area contributed by atoms with Crippen LogP contribution in [0.1, 0.15) is 59.4 Å². The SMILES string of the molecule is C=C(C)/C(=C\C=C(/C)n1cnc2ccc(CN3CCCCC3=C)cc21)C(C)=O.CN=C(C#N)C=C(C)C. The summed E-state index contributed by atoms with van der Waals surface area (Å²) >= 11 is 0. The van der Waals surface area contributed by atoms with Gasteiger partial charge in [-0.1, -0.05) is 24.8 Å². The van der Waals surface area contributed by atoms with Crippen LogP contribution in [-0.4, -0.2) is 39.5 Å². The fourth-order valence-corrected chi connectivity index (χ4v) is 4.06. The van der Waals surface area contributed by atoms with Gasteiger partial charge in [0.05, 0.1) is 11.0 Å². The Morgan fingerprint density at radius 3 is 2.46 bits per heavy atom. The molecule has 194 valence electrons. The number of nitrogens with zero attached hydrogens (tertiary/aromatic N) is 5. The maximum absolute atomic E-state index is 11.8. The Balaban J connectivity index is 0.000000458. The fourth-order valence-electron chi connectivity index (χ4n) is 4.06. The number of Topliss-reactive ketones (excluding diaryl/α,β-unsaturated/α-hetero) is 1. The molecule has 37 heavy (non-hydrogen) atoms. The summed E-state index contributed by atoms with van der Waals surface area (Å²) in [7, 11) is 1.61. The molecule has 1 aromatic heterocycles.